The van der Waals surface area contributed by atoms with E-state index >= 15 is 0 Å². The highest BCUT2D eigenvalue weighted by Crippen LogP contribution is 2.36. The third kappa shape index (κ3) is 3.04. The number of phenols is 1. The Labute approximate surface area is 143 Å². The number of amides is 3. The molecule has 1 aliphatic carbocycles. The van der Waals surface area contributed by atoms with Gasteiger partial charge in [0, 0.05) is 17.7 Å². The van der Waals surface area contributed by atoms with Crippen LogP contribution in [0.4, 0.5) is 10.5 Å². The van der Waals surface area contributed by atoms with Crippen LogP contribution in [0.1, 0.15) is 38.2 Å². The molecule has 1 aromatic rings. The predicted octanol–water partition coefficient (Wildman–Crippen LogP) is 2.14. The van der Waals surface area contributed by atoms with Crippen LogP contribution in [-0.4, -0.2) is 38.7 Å². The molecule has 25 heavy (non-hydrogen) atoms. The van der Waals surface area contributed by atoms with Crippen LogP contribution in [0.5, 0.6) is 5.75 Å². The molecule has 1 heterocycles. The molecule has 9 nitrogen and oxygen atoms in total. The monoisotopic (exact) mass is 346 g/mol. The van der Waals surface area contributed by atoms with Crippen molar-refractivity contribution in [2.45, 2.75) is 38.1 Å². The third-order valence-electron chi connectivity index (χ3n) is 4.80. The minimum absolute atomic E-state index is 0.0491. The Morgan fingerprint density at radius 1 is 1.40 bits per heavy atom. The Kier molecular flexibility index (Phi) is 4.15. The molecule has 0 unspecified atom stereocenters. The number of hydrazone groups is 1. The van der Waals surface area contributed by atoms with E-state index in [0.29, 0.717) is 18.8 Å². The SMILES string of the molecule is CC1CCC2(CC1)NC(=O)N(/N=C/c1cc([N+](=O)[O-])ccc1O)C2=O. The smallest absolute Gasteiger partial charge is 0.346 e. The van der Waals surface area contributed by atoms with Crippen LogP contribution in [-0.2, 0) is 4.79 Å². The molecule has 0 atom stereocenters. The van der Waals surface area contributed by atoms with E-state index in [1.807, 2.05) is 0 Å². The van der Waals surface area contributed by atoms with E-state index in [2.05, 4.69) is 17.3 Å². The number of carbonyl (C=O) groups is 2. The average Bonchev–Trinajstić information content (AvgIpc) is 2.80. The molecule has 2 N–H and O–H groups in total. The van der Waals surface area contributed by atoms with E-state index < -0.39 is 22.4 Å². The second kappa shape index (κ2) is 6.15. The largest absolute Gasteiger partial charge is 0.507 e. The molecule has 0 aromatic heterocycles. The molecule has 1 aromatic carbocycles. The Bertz CT molecular complexity index is 768. The lowest BCUT2D eigenvalue weighted by Crippen LogP contribution is -2.49. The van der Waals surface area contributed by atoms with Crippen LogP contribution >= 0.6 is 0 Å². The number of imide groups is 1. The van der Waals surface area contributed by atoms with Crippen molar-refractivity contribution in [1.29, 1.82) is 0 Å². The van der Waals surface area contributed by atoms with Crippen molar-refractivity contribution in [2.75, 3.05) is 0 Å². The fraction of sp³-hybridized carbons (Fsp3) is 0.438. The number of hydrogen-bond acceptors (Lipinski definition) is 6. The molecule has 2 fully saturated rings. The number of nitro benzene ring substituents is 1. The summed E-state index contributed by atoms with van der Waals surface area (Å²) in [6.07, 6.45) is 3.88. The molecule has 1 aliphatic heterocycles. The van der Waals surface area contributed by atoms with Crippen molar-refractivity contribution in [3.8, 4) is 5.75 Å². The van der Waals surface area contributed by atoms with Gasteiger partial charge in [-0.1, -0.05) is 6.92 Å². The number of urea groups is 1. The summed E-state index contributed by atoms with van der Waals surface area (Å²) < 4.78 is 0. The van der Waals surface area contributed by atoms with Crippen molar-refractivity contribution in [3.05, 3.63) is 33.9 Å². The van der Waals surface area contributed by atoms with E-state index in [-0.39, 0.29) is 17.0 Å². The van der Waals surface area contributed by atoms with E-state index in [1.54, 1.807) is 0 Å². The number of nitrogens with one attached hydrogen (secondary N) is 1. The molecule has 1 spiro atoms. The van der Waals surface area contributed by atoms with Gasteiger partial charge in [-0.25, -0.2) is 4.79 Å². The van der Waals surface area contributed by atoms with Gasteiger partial charge in [0.05, 0.1) is 11.1 Å². The minimum Gasteiger partial charge on any atom is -0.507 e. The van der Waals surface area contributed by atoms with E-state index in [1.165, 1.54) is 0 Å². The molecule has 3 rings (SSSR count). The van der Waals surface area contributed by atoms with Crippen LogP contribution in [0, 0.1) is 16.0 Å². The Morgan fingerprint density at radius 2 is 2.08 bits per heavy atom. The fourth-order valence-corrected chi connectivity index (χ4v) is 3.18. The molecular formula is C16H18N4O5. The lowest BCUT2D eigenvalue weighted by molar-refractivity contribution is -0.384. The van der Waals surface area contributed by atoms with Crippen LogP contribution < -0.4 is 5.32 Å². The number of benzene rings is 1. The zero-order valence-electron chi connectivity index (χ0n) is 13.6. The highest BCUT2D eigenvalue weighted by molar-refractivity contribution is 6.07. The van der Waals surface area contributed by atoms with Gasteiger partial charge in [-0.2, -0.15) is 5.10 Å². The Hall–Kier alpha value is -2.97. The summed E-state index contributed by atoms with van der Waals surface area (Å²) in [5.41, 5.74) is -1.09. The van der Waals surface area contributed by atoms with Gasteiger partial charge >= 0.3 is 6.03 Å². The lowest BCUT2D eigenvalue weighted by Gasteiger charge is -2.33. The van der Waals surface area contributed by atoms with Gasteiger partial charge in [0.1, 0.15) is 11.3 Å². The fourth-order valence-electron chi connectivity index (χ4n) is 3.18. The zero-order valence-corrected chi connectivity index (χ0v) is 13.6. The van der Waals surface area contributed by atoms with Crippen LogP contribution in [0.3, 0.4) is 0 Å². The number of phenolic OH excluding ortho intramolecular Hbond substituents is 1. The van der Waals surface area contributed by atoms with E-state index in [4.69, 9.17) is 0 Å². The summed E-state index contributed by atoms with van der Waals surface area (Å²) >= 11 is 0. The number of aromatic hydroxyl groups is 1. The van der Waals surface area contributed by atoms with E-state index in [0.717, 1.165) is 42.3 Å². The lowest BCUT2D eigenvalue weighted by atomic mass is 9.77. The van der Waals surface area contributed by atoms with Crippen molar-refractivity contribution >= 4 is 23.8 Å². The molecule has 0 bridgehead atoms. The maximum Gasteiger partial charge on any atom is 0.346 e. The van der Waals surface area contributed by atoms with Crippen molar-refractivity contribution in [2.24, 2.45) is 11.0 Å². The first-order valence-corrected chi connectivity index (χ1v) is 8.00. The van der Waals surface area contributed by atoms with E-state index in [9.17, 15) is 24.8 Å². The molecule has 3 amide bonds. The van der Waals surface area contributed by atoms with Crippen LogP contribution in [0.25, 0.3) is 0 Å². The molecule has 9 heteroatoms. The number of hydrogen-bond donors (Lipinski definition) is 2. The number of rotatable bonds is 3. The molecule has 132 valence electrons. The Balaban J connectivity index is 1.82. The molecule has 1 saturated carbocycles. The topological polar surface area (TPSA) is 125 Å². The quantitative estimate of drug-likeness (QED) is 0.375. The van der Waals surface area contributed by atoms with Gasteiger partial charge in [0.15, 0.2) is 0 Å². The number of non-ortho nitro benzene ring substituents is 1. The van der Waals surface area contributed by atoms with Crippen molar-refractivity contribution < 1.29 is 19.6 Å². The van der Waals surface area contributed by atoms with Gasteiger partial charge < -0.3 is 10.4 Å². The van der Waals surface area contributed by atoms with Crippen LogP contribution in [0.15, 0.2) is 23.3 Å². The first kappa shape index (κ1) is 16.9. The number of carbonyl (C=O) groups excluding carboxylic acids is 2. The summed E-state index contributed by atoms with van der Waals surface area (Å²) in [5, 5.41) is 27.9. The third-order valence-corrected chi connectivity index (χ3v) is 4.80. The molecule has 0 radical (unpaired) electrons. The normalized spacial score (nSPS) is 26.4. The van der Waals surface area contributed by atoms with Crippen molar-refractivity contribution in [3.63, 3.8) is 0 Å². The van der Waals surface area contributed by atoms with Gasteiger partial charge in [0.25, 0.3) is 11.6 Å². The summed E-state index contributed by atoms with van der Waals surface area (Å²) in [6, 6.07) is 2.81. The number of nitro groups is 1. The number of nitrogens with zero attached hydrogens (tertiary/aromatic N) is 3. The molecular weight excluding hydrogens is 328 g/mol. The summed E-state index contributed by atoms with van der Waals surface area (Å²) in [4.78, 5) is 35.0. The highest BCUT2D eigenvalue weighted by Gasteiger charge is 2.52. The zero-order chi connectivity index (χ0) is 18.2. The van der Waals surface area contributed by atoms with Gasteiger partial charge in [-0.05, 0) is 37.7 Å². The standard InChI is InChI=1S/C16H18N4O5/c1-10-4-6-16(7-5-10)14(22)19(15(23)18-16)17-9-11-8-12(20(24)25)2-3-13(11)21/h2-3,8-10,21H,4-7H2,1H3,(H,18,23)/b17-9+. The summed E-state index contributed by atoms with van der Waals surface area (Å²) in [6.45, 7) is 2.11. The highest BCUT2D eigenvalue weighted by atomic mass is 16.6. The maximum absolute atomic E-state index is 12.6. The minimum atomic E-state index is -0.911. The Morgan fingerprint density at radius 3 is 2.72 bits per heavy atom. The second-order valence-corrected chi connectivity index (χ2v) is 6.56. The second-order valence-electron chi connectivity index (χ2n) is 6.56. The summed E-state index contributed by atoms with van der Waals surface area (Å²) in [5.74, 6) is -0.150. The molecule has 2 aliphatic rings. The van der Waals surface area contributed by atoms with Crippen LogP contribution in [0.2, 0.25) is 0 Å². The van der Waals surface area contributed by atoms with Gasteiger partial charge in [0.2, 0.25) is 0 Å². The maximum atomic E-state index is 12.6. The first-order valence-electron chi connectivity index (χ1n) is 8.00. The first-order chi connectivity index (χ1) is 11.8. The van der Waals surface area contributed by atoms with Gasteiger partial charge in [-0.3, -0.25) is 14.9 Å². The predicted molar refractivity (Wildman–Crippen MR) is 88.1 cm³/mol. The summed E-state index contributed by atoms with van der Waals surface area (Å²) in [7, 11) is 0. The van der Waals surface area contributed by atoms with Crippen molar-refractivity contribution in [1.82, 2.24) is 10.3 Å². The van der Waals surface area contributed by atoms with Gasteiger partial charge in [-0.15, -0.1) is 5.01 Å². The average molecular weight is 346 g/mol. The molecule has 1 saturated heterocycles.